The first kappa shape index (κ1) is 15.1. The SMILES string of the molecule is CC(c1ccc(Cl)cc1)N(C)C(=O)c1ccc([N+](=O)[O-])o1. The van der Waals surface area contributed by atoms with Crippen LogP contribution in [0.1, 0.15) is 29.1 Å². The largest absolute Gasteiger partial charge is 0.433 e. The molecule has 110 valence electrons. The van der Waals surface area contributed by atoms with E-state index in [9.17, 15) is 14.9 Å². The summed E-state index contributed by atoms with van der Waals surface area (Å²) in [6, 6.07) is 9.36. The average molecular weight is 309 g/mol. The van der Waals surface area contributed by atoms with Gasteiger partial charge in [0.1, 0.15) is 4.92 Å². The lowest BCUT2D eigenvalue weighted by Gasteiger charge is -2.24. The van der Waals surface area contributed by atoms with E-state index in [1.807, 2.05) is 19.1 Å². The Kier molecular flexibility index (Phi) is 4.28. The lowest BCUT2D eigenvalue weighted by atomic mass is 10.1. The van der Waals surface area contributed by atoms with E-state index in [0.717, 1.165) is 11.6 Å². The summed E-state index contributed by atoms with van der Waals surface area (Å²) in [5, 5.41) is 11.2. The van der Waals surface area contributed by atoms with Gasteiger partial charge in [-0.15, -0.1) is 0 Å². The number of amides is 1. The summed E-state index contributed by atoms with van der Waals surface area (Å²) in [7, 11) is 1.61. The molecule has 21 heavy (non-hydrogen) atoms. The zero-order chi connectivity index (χ0) is 15.6. The first-order chi connectivity index (χ1) is 9.90. The van der Waals surface area contributed by atoms with Gasteiger partial charge in [0, 0.05) is 12.1 Å². The summed E-state index contributed by atoms with van der Waals surface area (Å²) in [5.74, 6) is -0.943. The van der Waals surface area contributed by atoms with Gasteiger partial charge in [0.15, 0.2) is 5.76 Å². The van der Waals surface area contributed by atoms with Gasteiger partial charge in [-0.3, -0.25) is 14.9 Å². The first-order valence-electron chi connectivity index (χ1n) is 6.17. The fraction of sp³-hybridized carbons (Fsp3) is 0.214. The minimum absolute atomic E-state index is 0.0648. The van der Waals surface area contributed by atoms with E-state index in [1.165, 1.54) is 11.0 Å². The Labute approximate surface area is 126 Å². The van der Waals surface area contributed by atoms with E-state index < -0.39 is 16.7 Å². The van der Waals surface area contributed by atoms with Gasteiger partial charge in [0.05, 0.1) is 12.1 Å². The van der Waals surface area contributed by atoms with Crippen LogP contribution in [0.3, 0.4) is 0 Å². The fourth-order valence-electron chi connectivity index (χ4n) is 1.86. The molecule has 0 fully saturated rings. The third kappa shape index (κ3) is 3.22. The van der Waals surface area contributed by atoms with Gasteiger partial charge in [-0.2, -0.15) is 0 Å². The van der Waals surface area contributed by atoms with Crippen LogP contribution >= 0.6 is 11.6 Å². The molecule has 1 unspecified atom stereocenters. The molecule has 0 bridgehead atoms. The van der Waals surface area contributed by atoms with Gasteiger partial charge in [-0.1, -0.05) is 23.7 Å². The van der Waals surface area contributed by atoms with Crippen molar-refractivity contribution in [1.29, 1.82) is 0 Å². The Morgan fingerprint density at radius 1 is 1.29 bits per heavy atom. The summed E-state index contributed by atoms with van der Waals surface area (Å²) in [6.07, 6.45) is 0. The van der Waals surface area contributed by atoms with Gasteiger partial charge >= 0.3 is 5.88 Å². The number of nitro groups is 1. The van der Waals surface area contributed by atoms with Crippen LogP contribution in [0.15, 0.2) is 40.8 Å². The topological polar surface area (TPSA) is 76.6 Å². The molecular weight excluding hydrogens is 296 g/mol. The Morgan fingerprint density at radius 3 is 2.43 bits per heavy atom. The second-order valence-corrected chi connectivity index (χ2v) is 4.98. The third-order valence-corrected chi connectivity index (χ3v) is 3.49. The van der Waals surface area contributed by atoms with Crippen LogP contribution in [-0.2, 0) is 0 Å². The molecule has 7 heteroatoms. The predicted molar refractivity (Wildman–Crippen MR) is 77.3 cm³/mol. The van der Waals surface area contributed by atoms with Crippen molar-refractivity contribution in [2.45, 2.75) is 13.0 Å². The van der Waals surface area contributed by atoms with Crippen molar-refractivity contribution in [3.63, 3.8) is 0 Å². The zero-order valence-corrected chi connectivity index (χ0v) is 12.2. The van der Waals surface area contributed by atoms with Gasteiger partial charge < -0.3 is 9.32 Å². The van der Waals surface area contributed by atoms with Crippen molar-refractivity contribution >= 4 is 23.4 Å². The van der Waals surface area contributed by atoms with Crippen molar-refractivity contribution in [2.75, 3.05) is 7.05 Å². The number of hydrogen-bond acceptors (Lipinski definition) is 4. The zero-order valence-electron chi connectivity index (χ0n) is 11.4. The Bertz CT molecular complexity index is 666. The van der Waals surface area contributed by atoms with Crippen LogP contribution in [0.5, 0.6) is 0 Å². The Morgan fingerprint density at radius 2 is 1.90 bits per heavy atom. The van der Waals surface area contributed by atoms with E-state index in [4.69, 9.17) is 16.0 Å². The van der Waals surface area contributed by atoms with Crippen LogP contribution in [0.25, 0.3) is 0 Å². The number of carbonyl (C=O) groups is 1. The van der Waals surface area contributed by atoms with Crippen LogP contribution in [0.4, 0.5) is 5.88 Å². The molecule has 0 N–H and O–H groups in total. The number of furan rings is 1. The Hall–Kier alpha value is -2.34. The normalized spacial score (nSPS) is 12.0. The molecule has 6 nitrogen and oxygen atoms in total. The molecule has 2 rings (SSSR count). The smallest absolute Gasteiger partial charge is 0.395 e. The second kappa shape index (κ2) is 5.97. The number of carbonyl (C=O) groups excluding carboxylic acids is 1. The van der Waals surface area contributed by atoms with Crippen molar-refractivity contribution in [3.05, 3.63) is 62.9 Å². The van der Waals surface area contributed by atoms with Gasteiger partial charge in [-0.05, 0) is 30.7 Å². The number of benzene rings is 1. The third-order valence-electron chi connectivity index (χ3n) is 3.24. The van der Waals surface area contributed by atoms with E-state index in [-0.39, 0.29) is 11.8 Å². The highest BCUT2D eigenvalue weighted by Crippen LogP contribution is 2.24. The summed E-state index contributed by atoms with van der Waals surface area (Å²) >= 11 is 5.83. The maximum Gasteiger partial charge on any atom is 0.433 e. The number of rotatable bonds is 4. The molecule has 0 spiro atoms. The standard InChI is InChI=1S/C14H13ClN2O4/c1-9(10-3-5-11(15)6-4-10)16(2)14(18)12-7-8-13(21-12)17(19)20/h3-9H,1-2H3. The quantitative estimate of drug-likeness (QED) is 0.637. The minimum atomic E-state index is -0.681. The molecule has 1 aromatic heterocycles. The molecule has 0 radical (unpaired) electrons. The van der Waals surface area contributed by atoms with Crippen molar-refractivity contribution < 1.29 is 14.1 Å². The molecule has 1 amide bonds. The monoisotopic (exact) mass is 308 g/mol. The molecule has 1 aromatic carbocycles. The highest BCUT2D eigenvalue weighted by atomic mass is 35.5. The number of nitrogens with zero attached hydrogens (tertiary/aromatic N) is 2. The molecule has 0 saturated heterocycles. The van der Waals surface area contributed by atoms with Gasteiger partial charge in [0.25, 0.3) is 5.91 Å². The van der Waals surface area contributed by atoms with Crippen LogP contribution in [-0.4, -0.2) is 22.8 Å². The highest BCUT2D eigenvalue weighted by molar-refractivity contribution is 6.30. The average Bonchev–Trinajstić information content (AvgIpc) is 2.96. The molecular formula is C14H13ClN2O4. The van der Waals surface area contributed by atoms with Gasteiger partial charge in [0.2, 0.25) is 0 Å². The Balaban J connectivity index is 2.17. The van der Waals surface area contributed by atoms with Gasteiger partial charge in [-0.25, -0.2) is 0 Å². The van der Waals surface area contributed by atoms with Crippen LogP contribution < -0.4 is 0 Å². The molecule has 1 heterocycles. The summed E-state index contributed by atoms with van der Waals surface area (Å²) in [6.45, 7) is 1.85. The molecule has 2 aromatic rings. The maximum atomic E-state index is 12.2. The van der Waals surface area contributed by atoms with E-state index in [1.54, 1.807) is 19.2 Å². The molecule has 0 saturated carbocycles. The molecule has 0 aliphatic heterocycles. The van der Waals surface area contributed by atoms with E-state index in [0.29, 0.717) is 5.02 Å². The molecule has 1 atom stereocenters. The second-order valence-electron chi connectivity index (χ2n) is 4.54. The molecule has 0 aliphatic rings. The number of halogens is 1. The van der Waals surface area contributed by atoms with E-state index >= 15 is 0 Å². The van der Waals surface area contributed by atoms with Crippen molar-refractivity contribution in [3.8, 4) is 0 Å². The lowest BCUT2D eigenvalue weighted by molar-refractivity contribution is -0.402. The summed E-state index contributed by atoms with van der Waals surface area (Å²) < 4.78 is 4.92. The minimum Gasteiger partial charge on any atom is -0.395 e. The van der Waals surface area contributed by atoms with E-state index in [2.05, 4.69) is 0 Å². The summed E-state index contributed by atoms with van der Waals surface area (Å²) in [5.41, 5.74) is 0.899. The maximum absolute atomic E-state index is 12.2. The molecule has 0 aliphatic carbocycles. The highest BCUT2D eigenvalue weighted by Gasteiger charge is 2.24. The predicted octanol–water partition coefficient (Wildman–Crippen LogP) is 3.67. The summed E-state index contributed by atoms with van der Waals surface area (Å²) in [4.78, 5) is 23.6. The van der Waals surface area contributed by atoms with Crippen LogP contribution in [0, 0.1) is 10.1 Å². The van der Waals surface area contributed by atoms with Crippen molar-refractivity contribution in [1.82, 2.24) is 4.90 Å². The van der Waals surface area contributed by atoms with Crippen molar-refractivity contribution in [2.24, 2.45) is 0 Å². The first-order valence-corrected chi connectivity index (χ1v) is 6.55. The number of hydrogen-bond donors (Lipinski definition) is 0. The fourth-order valence-corrected chi connectivity index (χ4v) is 1.98. The van der Waals surface area contributed by atoms with Crippen LogP contribution in [0.2, 0.25) is 5.02 Å². The lowest BCUT2D eigenvalue weighted by Crippen LogP contribution is -2.29.